The van der Waals surface area contributed by atoms with E-state index < -0.39 is 0 Å². The molecule has 1 aromatic heterocycles. The molecule has 33 heavy (non-hydrogen) atoms. The van der Waals surface area contributed by atoms with Crippen molar-refractivity contribution in [2.24, 2.45) is 10.2 Å². The fourth-order valence-corrected chi connectivity index (χ4v) is 5.07. The van der Waals surface area contributed by atoms with Crippen LogP contribution in [0.25, 0.3) is 0 Å². The molecule has 178 valence electrons. The second kappa shape index (κ2) is 9.52. The van der Waals surface area contributed by atoms with Crippen LogP contribution in [0.3, 0.4) is 0 Å². The van der Waals surface area contributed by atoms with Crippen LogP contribution >= 0.6 is 9.39 Å². The molecule has 2 unspecified atom stereocenters. The van der Waals surface area contributed by atoms with Crippen LogP contribution in [0.5, 0.6) is 0 Å². The summed E-state index contributed by atoms with van der Waals surface area (Å²) < 4.78 is 1.79. The van der Waals surface area contributed by atoms with Gasteiger partial charge in [-0.05, 0) is 63.3 Å². The van der Waals surface area contributed by atoms with Gasteiger partial charge in [-0.15, -0.1) is 10.2 Å². The molecule has 8 heteroatoms. The van der Waals surface area contributed by atoms with Gasteiger partial charge in [-0.1, -0.05) is 37.1 Å². The molecule has 1 N–H and O–H groups in total. The first-order valence-electron chi connectivity index (χ1n) is 11.7. The first kappa shape index (κ1) is 25.3. The van der Waals surface area contributed by atoms with E-state index in [0.29, 0.717) is 30.4 Å². The number of nitrogens with zero attached hydrogens (tertiary/aromatic N) is 6. The summed E-state index contributed by atoms with van der Waals surface area (Å²) in [6.45, 7) is 19.7. The minimum absolute atomic E-state index is 0.125. The molecule has 1 aromatic carbocycles. The molecular weight excluding hydrogens is 429 g/mol. The largest absolute Gasteiger partial charge is 0.366 e. The number of azo groups is 1. The van der Waals surface area contributed by atoms with E-state index in [1.807, 2.05) is 0 Å². The van der Waals surface area contributed by atoms with E-state index in [2.05, 4.69) is 103 Å². The zero-order valence-corrected chi connectivity index (χ0v) is 22.5. The lowest BCUT2D eigenvalue weighted by Crippen LogP contribution is -2.48. The SMILES string of the molecule is CCN1c2cc(C)c(/N=N/c3c(C#N)c(C(C)(C)C)nn3CCNP)cc2C(C)CC1(C)C. The third-order valence-corrected chi connectivity index (χ3v) is 6.78. The van der Waals surface area contributed by atoms with Gasteiger partial charge >= 0.3 is 0 Å². The van der Waals surface area contributed by atoms with E-state index >= 15 is 0 Å². The maximum Gasteiger partial charge on any atom is 0.191 e. The lowest BCUT2D eigenvalue weighted by molar-refractivity contribution is 0.381. The van der Waals surface area contributed by atoms with E-state index in [-0.39, 0.29) is 11.0 Å². The normalized spacial score (nSPS) is 17.9. The molecule has 7 nitrogen and oxygen atoms in total. The highest BCUT2D eigenvalue weighted by Gasteiger charge is 2.36. The molecule has 0 fully saturated rings. The van der Waals surface area contributed by atoms with E-state index in [1.165, 1.54) is 11.3 Å². The molecule has 0 saturated heterocycles. The maximum atomic E-state index is 9.92. The summed E-state index contributed by atoms with van der Waals surface area (Å²) in [4.78, 5) is 2.49. The molecule has 1 aliphatic heterocycles. The number of aryl methyl sites for hydroxylation is 1. The molecule has 2 atom stereocenters. The van der Waals surface area contributed by atoms with Crippen molar-refractivity contribution in [1.82, 2.24) is 14.9 Å². The van der Waals surface area contributed by atoms with Crippen LogP contribution in [-0.2, 0) is 12.0 Å². The summed E-state index contributed by atoms with van der Waals surface area (Å²) in [5.74, 6) is 0.956. The highest BCUT2D eigenvalue weighted by atomic mass is 31.0. The summed E-state index contributed by atoms with van der Waals surface area (Å²) in [5.41, 5.74) is 5.64. The Bertz CT molecular complexity index is 1090. The van der Waals surface area contributed by atoms with Crippen molar-refractivity contribution in [3.05, 3.63) is 34.5 Å². The summed E-state index contributed by atoms with van der Waals surface area (Å²) in [6.07, 6.45) is 1.09. The van der Waals surface area contributed by atoms with Gasteiger partial charge in [-0.3, -0.25) is 5.09 Å². The number of nitriles is 1. The molecule has 0 saturated carbocycles. The predicted octanol–water partition coefficient (Wildman–Crippen LogP) is 6.27. The van der Waals surface area contributed by atoms with Gasteiger partial charge < -0.3 is 4.90 Å². The Morgan fingerprint density at radius 3 is 2.58 bits per heavy atom. The first-order valence-corrected chi connectivity index (χ1v) is 12.3. The van der Waals surface area contributed by atoms with E-state index in [1.54, 1.807) is 4.68 Å². The van der Waals surface area contributed by atoms with Gasteiger partial charge in [0.15, 0.2) is 5.82 Å². The lowest BCUT2D eigenvalue weighted by atomic mass is 9.79. The lowest BCUT2D eigenvalue weighted by Gasteiger charge is -2.47. The summed E-state index contributed by atoms with van der Waals surface area (Å²) >= 11 is 0. The van der Waals surface area contributed by atoms with Gasteiger partial charge in [0.1, 0.15) is 11.6 Å². The number of aromatic nitrogens is 2. The Hall–Kier alpha value is -2.29. The smallest absolute Gasteiger partial charge is 0.191 e. The monoisotopic (exact) mass is 467 g/mol. The van der Waals surface area contributed by atoms with Gasteiger partial charge in [0.2, 0.25) is 0 Å². The Kier molecular flexibility index (Phi) is 7.31. The Morgan fingerprint density at radius 2 is 2.00 bits per heavy atom. The van der Waals surface area contributed by atoms with Crippen LogP contribution in [0, 0.1) is 18.3 Å². The van der Waals surface area contributed by atoms with Crippen molar-refractivity contribution in [2.75, 3.05) is 18.0 Å². The van der Waals surface area contributed by atoms with Crippen LogP contribution in [0.2, 0.25) is 0 Å². The predicted molar refractivity (Wildman–Crippen MR) is 139 cm³/mol. The quantitative estimate of drug-likeness (QED) is 0.401. The third-order valence-electron chi connectivity index (χ3n) is 6.49. The van der Waals surface area contributed by atoms with Crippen molar-refractivity contribution in [1.29, 1.82) is 5.26 Å². The van der Waals surface area contributed by atoms with Gasteiger partial charge in [0.05, 0.1) is 17.9 Å². The summed E-state index contributed by atoms with van der Waals surface area (Å²) in [5, 5.41) is 27.0. The molecule has 2 aromatic rings. The maximum absolute atomic E-state index is 9.92. The fraction of sp³-hybridized carbons (Fsp3) is 0.600. The van der Waals surface area contributed by atoms with Crippen molar-refractivity contribution in [3.8, 4) is 6.07 Å². The first-order chi connectivity index (χ1) is 15.4. The fourth-order valence-electron chi connectivity index (χ4n) is 4.94. The van der Waals surface area contributed by atoms with E-state index in [0.717, 1.165) is 29.9 Å². The van der Waals surface area contributed by atoms with Crippen molar-refractivity contribution < 1.29 is 0 Å². The average Bonchev–Trinajstić information content (AvgIpc) is 3.08. The Labute approximate surface area is 200 Å². The summed E-state index contributed by atoms with van der Waals surface area (Å²) in [7, 11) is 2.50. The number of hydrogen-bond donors (Lipinski definition) is 1. The number of hydrogen-bond acceptors (Lipinski definition) is 6. The van der Waals surface area contributed by atoms with Gasteiger partial charge in [-0.2, -0.15) is 10.4 Å². The van der Waals surface area contributed by atoms with Crippen LogP contribution in [0.1, 0.15) is 83.2 Å². The second-order valence-corrected chi connectivity index (χ2v) is 11.1. The van der Waals surface area contributed by atoms with Gasteiger partial charge in [0, 0.05) is 29.7 Å². The number of benzene rings is 1. The minimum Gasteiger partial charge on any atom is -0.366 e. The number of rotatable bonds is 6. The zero-order valence-electron chi connectivity index (χ0n) is 21.3. The van der Waals surface area contributed by atoms with Crippen LogP contribution in [0.4, 0.5) is 17.2 Å². The molecule has 0 spiro atoms. The Morgan fingerprint density at radius 1 is 1.30 bits per heavy atom. The third kappa shape index (κ3) is 4.98. The second-order valence-electron chi connectivity index (χ2n) is 10.6. The molecule has 0 bridgehead atoms. The molecule has 3 rings (SSSR count). The molecular formula is C25H38N7P. The van der Waals surface area contributed by atoms with Gasteiger partial charge in [-0.25, -0.2) is 4.68 Å². The molecule has 1 aliphatic rings. The molecule has 2 heterocycles. The van der Waals surface area contributed by atoms with Gasteiger partial charge in [0.25, 0.3) is 0 Å². The van der Waals surface area contributed by atoms with E-state index in [4.69, 9.17) is 5.10 Å². The highest BCUT2D eigenvalue weighted by molar-refractivity contribution is 7.13. The molecule has 0 radical (unpaired) electrons. The number of anilines is 1. The van der Waals surface area contributed by atoms with Crippen LogP contribution in [-0.4, -0.2) is 28.4 Å². The molecule has 0 aliphatic carbocycles. The standard InChI is InChI=1S/C25H38N7P/c1-9-31-21-12-16(2)20(13-18(21)17(3)14-25(31,7)8)28-29-23-19(15-26)22(24(4,5)6)30-32(23)11-10-27-33/h12-13,17,27H,9-11,14,33H2,1-8H3/b29-28+. The van der Waals surface area contributed by atoms with Crippen molar-refractivity contribution in [3.63, 3.8) is 0 Å². The number of nitrogens with one attached hydrogen (secondary N) is 1. The summed E-state index contributed by atoms with van der Waals surface area (Å²) in [6, 6.07) is 6.75. The van der Waals surface area contributed by atoms with Crippen molar-refractivity contribution >= 4 is 26.6 Å². The topological polar surface area (TPSA) is 81.6 Å². The van der Waals surface area contributed by atoms with E-state index in [9.17, 15) is 5.26 Å². The molecule has 0 amide bonds. The Balaban J connectivity index is 2.09. The van der Waals surface area contributed by atoms with Crippen molar-refractivity contribution in [2.45, 2.75) is 85.2 Å². The number of fused-ring (bicyclic) bond motifs is 1. The average molecular weight is 468 g/mol. The zero-order chi connectivity index (χ0) is 24.6. The highest BCUT2D eigenvalue weighted by Crippen LogP contribution is 2.45. The minimum atomic E-state index is -0.261. The van der Waals surface area contributed by atoms with Crippen LogP contribution < -0.4 is 9.99 Å². The van der Waals surface area contributed by atoms with Crippen LogP contribution in [0.15, 0.2) is 22.4 Å².